The molecule has 1 N–H and O–H groups in total. The third-order valence-corrected chi connectivity index (χ3v) is 4.51. The lowest BCUT2D eigenvalue weighted by Crippen LogP contribution is -3.13. The highest BCUT2D eigenvalue weighted by atomic mass is 79.9. The quantitative estimate of drug-likeness (QED) is 0.830. The molecule has 0 aliphatic carbocycles. The van der Waals surface area contributed by atoms with E-state index in [4.69, 9.17) is 0 Å². The Bertz CT molecular complexity index is 602. The molecular formula is C18H21BrN3+. The van der Waals surface area contributed by atoms with E-state index in [9.17, 15) is 0 Å². The summed E-state index contributed by atoms with van der Waals surface area (Å²) in [5.41, 5.74) is 2.56. The summed E-state index contributed by atoms with van der Waals surface area (Å²) in [5, 5.41) is 6.78. The maximum absolute atomic E-state index is 4.60. The number of nitrogens with one attached hydrogen (secondary N) is 1. The fourth-order valence-corrected chi connectivity index (χ4v) is 2.95. The van der Waals surface area contributed by atoms with E-state index < -0.39 is 0 Å². The molecule has 1 heterocycles. The first kappa shape index (κ1) is 15.3. The predicted molar refractivity (Wildman–Crippen MR) is 94.2 cm³/mol. The first-order valence-electron chi connectivity index (χ1n) is 7.71. The number of benzene rings is 2. The Hall–Kier alpha value is -1.65. The molecule has 2 aromatic rings. The summed E-state index contributed by atoms with van der Waals surface area (Å²) in [6.07, 6.45) is 1.95. The van der Waals surface area contributed by atoms with E-state index in [0.717, 1.165) is 42.8 Å². The molecule has 1 aliphatic heterocycles. The van der Waals surface area contributed by atoms with E-state index in [1.54, 1.807) is 4.90 Å². The van der Waals surface area contributed by atoms with Crippen molar-refractivity contribution in [3.05, 3.63) is 70.2 Å². The molecule has 1 fully saturated rings. The van der Waals surface area contributed by atoms with Crippen LogP contribution in [0.2, 0.25) is 0 Å². The fraction of sp³-hybridized carbons (Fsp3) is 0.278. The summed E-state index contributed by atoms with van der Waals surface area (Å²) < 4.78 is 1.10. The van der Waals surface area contributed by atoms with Gasteiger partial charge in [-0.1, -0.05) is 58.4 Å². The minimum atomic E-state index is 1.02. The van der Waals surface area contributed by atoms with Crippen molar-refractivity contribution in [2.75, 3.05) is 26.2 Å². The van der Waals surface area contributed by atoms with Gasteiger partial charge < -0.3 is 4.90 Å². The third-order valence-electron chi connectivity index (χ3n) is 3.98. The van der Waals surface area contributed by atoms with Crippen LogP contribution in [0.3, 0.4) is 0 Å². The van der Waals surface area contributed by atoms with Gasteiger partial charge in [0.25, 0.3) is 0 Å². The predicted octanol–water partition coefficient (Wildman–Crippen LogP) is 2.18. The highest BCUT2D eigenvalue weighted by Crippen LogP contribution is 2.09. The number of hydrogen-bond donors (Lipinski definition) is 1. The van der Waals surface area contributed by atoms with Crippen LogP contribution in [-0.2, 0) is 6.54 Å². The van der Waals surface area contributed by atoms with Gasteiger partial charge in [-0.05, 0) is 17.7 Å². The second kappa shape index (κ2) is 7.56. The molecule has 1 aliphatic rings. The summed E-state index contributed by atoms with van der Waals surface area (Å²) >= 11 is 3.45. The normalized spacial score (nSPS) is 16.3. The van der Waals surface area contributed by atoms with Gasteiger partial charge in [0.1, 0.15) is 6.54 Å². The Labute approximate surface area is 140 Å². The van der Waals surface area contributed by atoms with E-state index in [1.807, 2.05) is 18.3 Å². The van der Waals surface area contributed by atoms with Crippen LogP contribution in [0, 0.1) is 0 Å². The second-order valence-electron chi connectivity index (χ2n) is 5.66. The zero-order valence-corrected chi connectivity index (χ0v) is 14.2. The third kappa shape index (κ3) is 4.42. The van der Waals surface area contributed by atoms with Crippen molar-refractivity contribution in [2.45, 2.75) is 6.54 Å². The highest BCUT2D eigenvalue weighted by Gasteiger charge is 2.18. The van der Waals surface area contributed by atoms with E-state index in [1.165, 1.54) is 5.56 Å². The molecule has 0 aromatic heterocycles. The molecule has 0 atom stereocenters. The lowest BCUT2D eigenvalue weighted by atomic mass is 10.2. The average molecular weight is 359 g/mol. The molecule has 4 heteroatoms. The summed E-state index contributed by atoms with van der Waals surface area (Å²) in [6.45, 7) is 5.45. The van der Waals surface area contributed by atoms with Crippen molar-refractivity contribution < 1.29 is 4.90 Å². The van der Waals surface area contributed by atoms with E-state index in [0.29, 0.717) is 0 Å². The standard InChI is InChI=1S/C18H20BrN3/c19-18-8-6-16(7-9-18)14-20-22-12-10-21(11-13-22)15-17-4-2-1-3-5-17/h1-9,14H,10-13,15H2/p+1/b20-14-. The van der Waals surface area contributed by atoms with Crippen molar-refractivity contribution in [1.29, 1.82) is 0 Å². The smallest absolute Gasteiger partial charge is 0.103 e. The average Bonchev–Trinajstić information content (AvgIpc) is 2.57. The first-order chi connectivity index (χ1) is 10.8. The Kier molecular flexibility index (Phi) is 5.24. The Balaban J connectivity index is 1.48. The van der Waals surface area contributed by atoms with Crippen LogP contribution in [0.4, 0.5) is 0 Å². The Morgan fingerprint density at radius 2 is 1.68 bits per heavy atom. The largest absolute Gasteiger partial charge is 0.328 e. The lowest BCUT2D eigenvalue weighted by molar-refractivity contribution is -0.918. The van der Waals surface area contributed by atoms with Gasteiger partial charge >= 0.3 is 0 Å². The SMILES string of the molecule is Brc1ccc(/C=N\N2CC[NH+](Cc3ccccc3)CC2)cc1. The minimum Gasteiger partial charge on any atom is -0.328 e. The molecule has 3 nitrogen and oxygen atoms in total. The number of rotatable bonds is 4. The number of nitrogens with zero attached hydrogens (tertiary/aromatic N) is 2. The fourth-order valence-electron chi connectivity index (χ4n) is 2.69. The topological polar surface area (TPSA) is 20.0 Å². The van der Waals surface area contributed by atoms with Crippen LogP contribution in [0.5, 0.6) is 0 Å². The van der Waals surface area contributed by atoms with Gasteiger partial charge in [0.2, 0.25) is 0 Å². The van der Waals surface area contributed by atoms with Gasteiger partial charge in [0.15, 0.2) is 0 Å². The first-order valence-corrected chi connectivity index (χ1v) is 8.51. The Morgan fingerprint density at radius 1 is 1.00 bits per heavy atom. The van der Waals surface area contributed by atoms with Crippen LogP contribution in [0.1, 0.15) is 11.1 Å². The van der Waals surface area contributed by atoms with Crippen molar-refractivity contribution in [3.8, 4) is 0 Å². The number of quaternary nitrogens is 1. The minimum absolute atomic E-state index is 1.02. The van der Waals surface area contributed by atoms with E-state index in [-0.39, 0.29) is 0 Å². The van der Waals surface area contributed by atoms with Crippen molar-refractivity contribution in [2.24, 2.45) is 5.10 Å². The lowest BCUT2D eigenvalue weighted by Gasteiger charge is -2.30. The number of hydrogen-bond acceptors (Lipinski definition) is 2. The summed E-state index contributed by atoms with van der Waals surface area (Å²) in [5.74, 6) is 0. The van der Waals surface area contributed by atoms with Gasteiger partial charge in [-0.25, -0.2) is 0 Å². The molecule has 0 radical (unpaired) electrons. The summed E-state index contributed by atoms with van der Waals surface area (Å²) in [4.78, 5) is 1.64. The van der Waals surface area contributed by atoms with Gasteiger partial charge in [-0.2, -0.15) is 5.10 Å². The molecule has 22 heavy (non-hydrogen) atoms. The van der Waals surface area contributed by atoms with Crippen LogP contribution >= 0.6 is 15.9 Å². The van der Waals surface area contributed by atoms with Gasteiger partial charge in [0.05, 0.1) is 32.4 Å². The van der Waals surface area contributed by atoms with Gasteiger partial charge in [-0.15, -0.1) is 0 Å². The summed E-state index contributed by atoms with van der Waals surface area (Å²) in [6, 6.07) is 19.0. The summed E-state index contributed by atoms with van der Waals surface area (Å²) in [7, 11) is 0. The van der Waals surface area contributed by atoms with Crippen LogP contribution in [0.25, 0.3) is 0 Å². The zero-order valence-electron chi connectivity index (χ0n) is 12.6. The van der Waals surface area contributed by atoms with Crippen molar-refractivity contribution in [3.63, 3.8) is 0 Å². The van der Waals surface area contributed by atoms with Crippen LogP contribution in [0.15, 0.2) is 64.2 Å². The van der Waals surface area contributed by atoms with Crippen molar-refractivity contribution >= 4 is 22.1 Å². The molecule has 1 saturated heterocycles. The number of hydrazone groups is 1. The molecular weight excluding hydrogens is 338 g/mol. The second-order valence-corrected chi connectivity index (χ2v) is 6.58. The molecule has 0 bridgehead atoms. The monoisotopic (exact) mass is 358 g/mol. The number of piperazine rings is 1. The van der Waals surface area contributed by atoms with Crippen LogP contribution in [-0.4, -0.2) is 37.4 Å². The Morgan fingerprint density at radius 3 is 2.36 bits per heavy atom. The maximum Gasteiger partial charge on any atom is 0.103 e. The molecule has 0 spiro atoms. The molecule has 3 rings (SSSR count). The zero-order chi connectivity index (χ0) is 15.2. The molecule has 114 valence electrons. The van der Waals surface area contributed by atoms with E-state index in [2.05, 4.69) is 68.5 Å². The van der Waals surface area contributed by atoms with E-state index >= 15 is 0 Å². The van der Waals surface area contributed by atoms with Crippen molar-refractivity contribution in [1.82, 2.24) is 5.01 Å². The molecule has 0 unspecified atom stereocenters. The van der Waals surface area contributed by atoms with Crippen LogP contribution < -0.4 is 4.90 Å². The highest BCUT2D eigenvalue weighted by molar-refractivity contribution is 9.10. The number of halogens is 1. The van der Waals surface area contributed by atoms with Gasteiger partial charge in [0, 0.05) is 10.0 Å². The molecule has 2 aromatic carbocycles. The molecule has 0 amide bonds. The maximum atomic E-state index is 4.60. The van der Waals surface area contributed by atoms with Gasteiger partial charge in [-0.3, -0.25) is 5.01 Å². The molecule has 0 saturated carbocycles.